The van der Waals surface area contributed by atoms with Crippen LogP contribution < -0.4 is 9.47 Å². The Balaban J connectivity index is 2.21. The maximum atomic E-state index is 13.4. The van der Waals surface area contributed by atoms with Gasteiger partial charge in [0, 0.05) is 18.5 Å². The van der Waals surface area contributed by atoms with E-state index >= 15 is 0 Å². The second-order valence-electron chi connectivity index (χ2n) is 6.80. The largest absolute Gasteiger partial charge is 0.573 e. The second kappa shape index (κ2) is 8.74. The van der Waals surface area contributed by atoms with Crippen LogP contribution in [0.5, 0.6) is 11.5 Å². The van der Waals surface area contributed by atoms with E-state index in [9.17, 15) is 31.4 Å². The molecule has 0 spiro atoms. The molecule has 1 atom stereocenters. The average Bonchev–Trinajstić information content (AvgIpc) is 3.10. The first kappa shape index (κ1) is 24.1. The molecule has 1 unspecified atom stereocenters. The molecular formula is C20H18F6N2O3S. The van der Waals surface area contributed by atoms with Crippen molar-refractivity contribution < 1.29 is 40.9 Å². The molecule has 0 amide bonds. The molecule has 2 heterocycles. The summed E-state index contributed by atoms with van der Waals surface area (Å²) in [5, 5.41) is 11.5. The first-order valence-electron chi connectivity index (χ1n) is 9.46. The first-order chi connectivity index (χ1) is 14.9. The van der Waals surface area contributed by atoms with Crippen molar-refractivity contribution in [2.45, 2.75) is 44.8 Å². The summed E-state index contributed by atoms with van der Waals surface area (Å²) in [6.07, 6.45) is -7.02. The van der Waals surface area contributed by atoms with Crippen molar-refractivity contribution in [3.63, 3.8) is 0 Å². The first-order valence-corrected chi connectivity index (χ1v) is 10.3. The summed E-state index contributed by atoms with van der Waals surface area (Å²) in [6, 6.07) is 2.64. The molecule has 0 radical (unpaired) electrons. The Morgan fingerprint density at radius 1 is 1.03 bits per heavy atom. The fourth-order valence-corrected chi connectivity index (χ4v) is 4.36. The Morgan fingerprint density at radius 3 is 2.34 bits per heavy atom. The minimum Gasteiger partial charge on any atom is -0.493 e. The summed E-state index contributed by atoms with van der Waals surface area (Å²) >= 11 is 0.766. The van der Waals surface area contributed by atoms with E-state index in [2.05, 4.69) is 14.7 Å². The highest BCUT2D eigenvalue weighted by Gasteiger charge is 2.41. The zero-order valence-electron chi connectivity index (χ0n) is 16.8. The minimum absolute atomic E-state index is 0.000543. The molecular weight excluding hydrogens is 462 g/mol. The van der Waals surface area contributed by atoms with E-state index in [4.69, 9.17) is 4.74 Å². The number of halogens is 6. The number of fused-ring (bicyclic) bond motifs is 1. The summed E-state index contributed by atoms with van der Waals surface area (Å²) in [6.45, 7) is 3.81. The van der Waals surface area contributed by atoms with Gasteiger partial charge in [-0.15, -0.1) is 24.5 Å². The lowest BCUT2D eigenvalue weighted by molar-refractivity contribution is -0.276. The third kappa shape index (κ3) is 4.90. The highest BCUT2D eigenvalue weighted by atomic mass is 32.1. The highest BCUT2D eigenvalue weighted by molar-refractivity contribution is 7.18. The van der Waals surface area contributed by atoms with Crippen molar-refractivity contribution in [2.24, 2.45) is 0 Å². The van der Waals surface area contributed by atoms with Gasteiger partial charge in [0.2, 0.25) is 0 Å². The fraction of sp³-hybridized carbons (Fsp3) is 0.400. The van der Waals surface area contributed by atoms with Crippen LogP contribution in [0.25, 0.3) is 10.2 Å². The number of benzene rings is 1. The number of thiazole rings is 1. The molecule has 0 saturated heterocycles. The molecule has 0 saturated carbocycles. The molecule has 32 heavy (non-hydrogen) atoms. The van der Waals surface area contributed by atoms with Gasteiger partial charge in [-0.05, 0) is 25.5 Å². The molecule has 0 bridgehead atoms. The van der Waals surface area contributed by atoms with E-state index in [1.807, 2.05) is 0 Å². The summed E-state index contributed by atoms with van der Waals surface area (Å²) in [7, 11) is 0. The summed E-state index contributed by atoms with van der Waals surface area (Å²) in [4.78, 5) is 8.14. The van der Waals surface area contributed by atoms with E-state index in [-0.39, 0.29) is 33.8 Å². The molecule has 1 N–H and O–H groups in total. The Kier molecular flexibility index (Phi) is 6.57. The third-order valence-electron chi connectivity index (χ3n) is 4.51. The van der Waals surface area contributed by atoms with Crippen LogP contribution in [0.3, 0.4) is 0 Å². The lowest BCUT2D eigenvalue weighted by Gasteiger charge is -2.27. The Labute approximate surface area is 182 Å². The van der Waals surface area contributed by atoms with Gasteiger partial charge in [0.25, 0.3) is 0 Å². The topological polar surface area (TPSA) is 64.5 Å². The van der Waals surface area contributed by atoms with Gasteiger partial charge >= 0.3 is 12.5 Å². The molecule has 5 nitrogen and oxygen atoms in total. The number of aromatic nitrogens is 2. The number of rotatable bonds is 7. The third-order valence-corrected chi connectivity index (χ3v) is 5.68. The smallest absolute Gasteiger partial charge is 0.493 e. The number of aliphatic hydroxyl groups is 1. The Bertz CT molecular complexity index is 1100. The van der Waals surface area contributed by atoms with Crippen molar-refractivity contribution in [3.8, 4) is 11.5 Å². The van der Waals surface area contributed by atoms with Crippen LogP contribution in [0.2, 0.25) is 0 Å². The molecule has 174 valence electrons. The summed E-state index contributed by atoms with van der Waals surface area (Å²) in [5.41, 5.74) is -3.36. The molecule has 2 aromatic heterocycles. The zero-order valence-corrected chi connectivity index (χ0v) is 17.7. The quantitative estimate of drug-likeness (QED) is 0.418. The Morgan fingerprint density at radius 2 is 1.75 bits per heavy atom. The van der Waals surface area contributed by atoms with E-state index in [0.717, 1.165) is 11.3 Å². The average molecular weight is 480 g/mol. The number of hydrogen-bond acceptors (Lipinski definition) is 6. The second-order valence-corrected chi connectivity index (χ2v) is 7.83. The summed E-state index contributed by atoms with van der Waals surface area (Å²) < 4.78 is 87.3. The van der Waals surface area contributed by atoms with Crippen molar-refractivity contribution in [1.82, 2.24) is 9.97 Å². The highest BCUT2D eigenvalue weighted by Crippen LogP contribution is 2.45. The van der Waals surface area contributed by atoms with Crippen molar-refractivity contribution in [1.29, 1.82) is 0 Å². The maximum Gasteiger partial charge on any atom is 0.573 e. The Hall–Kier alpha value is -2.60. The van der Waals surface area contributed by atoms with Crippen LogP contribution in [0.4, 0.5) is 26.3 Å². The maximum absolute atomic E-state index is 13.4. The van der Waals surface area contributed by atoms with Crippen molar-refractivity contribution >= 4 is 21.6 Å². The molecule has 3 aromatic rings. The SMILES string of the molecule is CCCC(O)(c1nc2cc(C(F)(F)F)c(OC(F)(F)F)cc2s1)c1cnccc1OCC. The van der Waals surface area contributed by atoms with Crippen LogP contribution in [0, 0.1) is 0 Å². The number of pyridine rings is 1. The predicted molar refractivity (Wildman–Crippen MR) is 105 cm³/mol. The van der Waals surface area contributed by atoms with Crippen LogP contribution in [-0.4, -0.2) is 28.0 Å². The van der Waals surface area contributed by atoms with Crippen LogP contribution in [0.1, 0.15) is 42.8 Å². The monoisotopic (exact) mass is 480 g/mol. The predicted octanol–water partition coefficient (Wildman–Crippen LogP) is 6.04. The fourth-order valence-electron chi connectivity index (χ4n) is 3.26. The molecule has 0 aliphatic carbocycles. The van der Waals surface area contributed by atoms with E-state index < -0.39 is 29.5 Å². The number of nitrogens with zero attached hydrogens (tertiary/aromatic N) is 2. The van der Waals surface area contributed by atoms with E-state index in [1.165, 1.54) is 18.5 Å². The number of hydrogen-bond donors (Lipinski definition) is 1. The molecule has 0 fully saturated rings. The molecule has 12 heteroatoms. The lowest BCUT2D eigenvalue weighted by Crippen LogP contribution is -2.28. The van der Waals surface area contributed by atoms with Crippen molar-refractivity contribution in [2.75, 3.05) is 6.61 Å². The number of ether oxygens (including phenoxy) is 2. The van der Waals surface area contributed by atoms with Crippen LogP contribution in [0.15, 0.2) is 30.6 Å². The van der Waals surface area contributed by atoms with Crippen LogP contribution >= 0.6 is 11.3 Å². The van der Waals surface area contributed by atoms with Crippen LogP contribution in [-0.2, 0) is 11.8 Å². The lowest BCUT2D eigenvalue weighted by atomic mass is 9.90. The van der Waals surface area contributed by atoms with Gasteiger partial charge in [-0.1, -0.05) is 13.3 Å². The molecule has 3 rings (SSSR count). The van der Waals surface area contributed by atoms with Gasteiger partial charge in [-0.25, -0.2) is 4.98 Å². The standard InChI is InChI=1S/C20H18F6N2O3S/c1-3-6-18(29,12-10-27-7-5-14(12)30-4-2)17-28-13-8-11(19(21,22)23)15(9-16(13)32-17)31-20(24,25)26/h5,7-10,29H,3-4,6H2,1-2H3. The van der Waals surface area contributed by atoms with Gasteiger partial charge in [0.05, 0.1) is 22.4 Å². The van der Waals surface area contributed by atoms with E-state index in [1.54, 1.807) is 13.8 Å². The van der Waals surface area contributed by atoms with Gasteiger partial charge in [0.15, 0.2) is 0 Å². The normalized spacial score (nSPS) is 14.4. The van der Waals surface area contributed by atoms with E-state index in [0.29, 0.717) is 24.3 Å². The minimum atomic E-state index is -5.31. The van der Waals surface area contributed by atoms with Gasteiger partial charge in [-0.2, -0.15) is 13.2 Å². The number of alkyl halides is 6. The molecule has 0 aliphatic rings. The molecule has 0 aliphatic heterocycles. The zero-order chi connectivity index (χ0) is 23.7. The van der Waals surface area contributed by atoms with Gasteiger partial charge in [-0.3, -0.25) is 4.98 Å². The molecule has 1 aromatic carbocycles. The van der Waals surface area contributed by atoms with Crippen molar-refractivity contribution in [3.05, 3.63) is 46.7 Å². The summed E-state index contributed by atoms with van der Waals surface area (Å²) in [5.74, 6) is -1.07. The van der Waals surface area contributed by atoms with Gasteiger partial charge < -0.3 is 14.6 Å². The van der Waals surface area contributed by atoms with Gasteiger partial charge in [0.1, 0.15) is 27.7 Å².